The molecular weight excluding hydrogens is 433 g/mol. The van der Waals surface area contributed by atoms with Gasteiger partial charge in [0.15, 0.2) is 5.78 Å². The van der Waals surface area contributed by atoms with E-state index in [2.05, 4.69) is 9.97 Å². The van der Waals surface area contributed by atoms with Crippen LogP contribution in [0.15, 0.2) is 48.8 Å². The average molecular weight is 456 g/mol. The molecule has 172 valence electrons. The summed E-state index contributed by atoms with van der Waals surface area (Å²) in [5.41, 5.74) is 6.11. The van der Waals surface area contributed by atoms with Crippen molar-refractivity contribution in [2.45, 2.75) is 25.5 Å². The van der Waals surface area contributed by atoms with Crippen LogP contribution < -0.4 is 10.6 Å². The molecule has 0 bridgehead atoms. The summed E-state index contributed by atoms with van der Waals surface area (Å²) >= 11 is 0. The van der Waals surface area contributed by atoms with Gasteiger partial charge in [0.05, 0.1) is 11.7 Å². The summed E-state index contributed by atoms with van der Waals surface area (Å²) < 4.78 is 42.7. The van der Waals surface area contributed by atoms with Crippen LogP contribution in [0.2, 0.25) is 0 Å². The number of aliphatic hydroxyl groups excluding tert-OH is 1. The lowest BCUT2D eigenvalue weighted by Gasteiger charge is -2.40. The van der Waals surface area contributed by atoms with E-state index >= 15 is 0 Å². The Kier molecular flexibility index (Phi) is 6.44. The normalized spacial score (nSPS) is 20.7. The number of hydrogen-bond acceptors (Lipinski definition) is 6. The van der Waals surface area contributed by atoms with Crippen LogP contribution in [0.25, 0.3) is 11.3 Å². The molecule has 0 saturated carbocycles. The monoisotopic (exact) mass is 456 g/mol. The van der Waals surface area contributed by atoms with E-state index in [-0.39, 0.29) is 18.0 Å². The van der Waals surface area contributed by atoms with Gasteiger partial charge in [0, 0.05) is 55.1 Å². The van der Waals surface area contributed by atoms with Crippen molar-refractivity contribution in [1.82, 2.24) is 9.97 Å². The van der Waals surface area contributed by atoms with Crippen molar-refractivity contribution >= 4 is 11.5 Å². The Morgan fingerprint density at radius 3 is 2.55 bits per heavy atom. The van der Waals surface area contributed by atoms with Gasteiger partial charge in [-0.1, -0.05) is 13.0 Å². The zero-order valence-corrected chi connectivity index (χ0v) is 17.9. The number of anilines is 1. The minimum atomic E-state index is -0.974. The zero-order chi connectivity index (χ0) is 23.7. The first-order valence-electron chi connectivity index (χ1n) is 10.5. The number of hydrogen-bond donors (Lipinski definition) is 2. The lowest BCUT2D eigenvalue weighted by atomic mass is 9.92. The second-order valence-corrected chi connectivity index (χ2v) is 8.26. The van der Waals surface area contributed by atoms with Crippen LogP contribution in [0.3, 0.4) is 0 Å². The molecule has 1 aliphatic rings. The quantitative estimate of drug-likeness (QED) is 0.573. The van der Waals surface area contributed by atoms with Crippen LogP contribution in [-0.2, 0) is 6.42 Å². The average Bonchev–Trinajstić information content (AvgIpc) is 2.78. The largest absolute Gasteiger partial charge is 0.391 e. The molecule has 0 spiro atoms. The van der Waals surface area contributed by atoms with Gasteiger partial charge in [0.2, 0.25) is 0 Å². The summed E-state index contributed by atoms with van der Waals surface area (Å²) in [6.45, 7) is 2.85. The first kappa shape index (κ1) is 22.9. The lowest BCUT2D eigenvalue weighted by Crippen LogP contribution is -2.55. The minimum absolute atomic E-state index is 0.0672. The summed E-state index contributed by atoms with van der Waals surface area (Å²) in [5, 5.41) is 10.1. The number of pyridine rings is 2. The number of nitrogens with zero attached hydrogens (tertiary/aromatic N) is 3. The topological polar surface area (TPSA) is 92.3 Å². The van der Waals surface area contributed by atoms with Crippen molar-refractivity contribution in [2.75, 3.05) is 18.0 Å². The van der Waals surface area contributed by atoms with Gasteiger partial charge >= 0.3 is 0 Å². The van der Waals surface area contributed by atoms with Gasteiger partial charge in [-0.15, -0.1) is 0 Å². The molecule has 33 heavy (non-hydrogen) atoms. The van der Waals surface area contributed by atoms with Crippen LogP contribution in [-0.4, -0.2) is 46.1 Å². The second kappa shape index (κ2) is 9.29. The predicted octanol–water partition coefficient (Wildman–Crippen LogP) is 3.13. The van der Waals surface area contributed by atoms with Crippen LogP contribution in [0.1, 0.15) is 23.0 Å². The molecule has 4 rings (SSSR count). The fraction of sp³-hybridized carbons (Fsp3) is 0.292. The molecule has 6 nitrogen and oxygen atoms in total. The van der Waals surface area contributed by atoms with Crippen LogP contribution >= 0.6 is 0 Å². The molecule has 1 aromatic carbocycles. The Balaban J connectivity index is 1.63. The van der Waals surface area contributed by atoms with Gasteiger partial charge in [-0.2, -0.15) is 0 Å². The van der Waals surface area contributed by atoms with Gasteiger partial charge in [-0.25, -0.2) is 18.2 Å². The molecule has 0 unspecified atom stereocenters. The molecule has 1 saturated heterocycles. The summed E-state index contributed by atoms with van der Waals surface area (Å²) in [5.74, 6) is -3.41. The van der Waals surface area contributed by atoms with Crippen molar-refractivity contribution < 1.29 is 23.1 Å². The number of nitrogens with two attached hydrogens (primary N) is 1. The Labute approximate surface area is 188 Å². The molecule has 3 heterocycles. The van der Waals surface area contributed by atoms with Gasteiger partial charge in [-0.3, -0.25) is 9.78 Å². The maximum absolute atomic E-state index is 14.4. The number of aromatic nitrogens is 2. The van der Waals surface area contributed by atoms with Gasteiger partial charge in [0.1, 0.15) is 28.8 Å². The van der Waals surface area contributed by atoms with E-state index in [0.717, 1.165) is 30.0 Å². The van der Waals surface area contributed by atoms with E-state index in [1.54, 1.807) is 18.5 Å². The number of piperidine rings is 1. The highest BCUT2D eigenvalue weighted by Crippen LogP contribution is 2.29. The molecule has 3 aromatic rings. The van der Waals surface area contributed by atoms with Crippen molar-refractivity contribution in [3.63, 3.8) is 0 Å². The van der Waals surface area contributed by atoms with Crippen molar-refractivity contribution in [3.05, 3.63) is 77.5 Å². The number of carbonyl (C=O) groups excluding carboxylic acids is 1. The summed E-state index contributed by atoms with van der Waals surface area (Å²) in [7, 11) is 0. The number of Topliss-reactive ketones (excluding diaryl/α,β-unsaturated/α-hetero) is 1. The second-order valence-electron chi connectivity index (χ2n) is 8.26. The molecule has 1 aliphatic heterocycles. The predicted molar refractivity (Wildman–Crippen MR) is 117 cm³/mol. The zero-order valence-electron chi connectivity index (χ0n) is 17.9. The Morgan fingerprint density at radius 1 is 1.12 bits per heavy atom. The highest BCUT2D eigenvalue weighted by molar-refractivity contribution is 5.97. The lowest BCUT2D eigenvalue weighted by molar-refractivity contribution is 0.0784. The molecule has 3 N–H and O–H groups in total. The highest BCUT2D eigenvalue weighted by atomic mass is 19.1. The molecule has 3 atom stereocenters. The third kappa shape index (κ3) is 4.60. The maximum Gasteiger partial charge on any atom is 0.185 e. The third-order valence-corrected chi connectivity index (χ3v) is 5.86. The number of carbonyl (C=O) groups is 1. The molecular formula is C24H23F3N4O2. The first-order chi connectivity index (χ1) is 15.8. The van der Waals surface area contributed by atoms with E-state index in [9.17, 15) is 23.1 Å². The number of aliphatic hydroxyl groups is 1. The van der Waals surface area contributed by atoms with Gasteiger partial charge in [0.25, 0.3) is 0 Å². The summed E-state index contributed by atoms with van der Waals surface area (Å²) in [4.78, 5) is 23.0. The molecule has 0 aliphatic carbocycles. The molecule has 2 aromatic heterocycles. The SMILES string of the molecule is C[C@H]1CN(c2ccncc2CC(=O)c2ccc(F)c(-c3c(F)cccc3F)n2)C[C@@H](N)[C@@H]1O. The summed E-state index contributed by atoms with van der Waals surface area (Å²) in [6, 6.07) is 6.63. The summed E-state index contributed by atoms with van der Waals surface area (Å²) in [6.07, 6.45) is 2.42. The molecule has 0 radical (unpaired) electrons. The number of halogens is 3. The maximum atomic E-state index is 14.4. The van der Waals surface area contributed by atoms with Crippen molar-refractivity contribution in [1.29, 1.82) is 0 Å². The van der Waals surface area contributed by atoms with Crippen molar-refractivity contribution in [2.24, 2.45) is 11.7 Å². The Hall–Kier alpha value is -3.30. The van der Waals surface area contributed by atoms with E-state index in [4.69, 9.17) is 5.73 Å². The van der Waals surface area contributed by atoms with E-state index in [1.165, 1.54) is 6.07 Å². The van der Waals surface area contributed by atoms with E-state index in [0.29, 0.717) is 18.7 Å². The van der Waals surface area contributed by atoms with E-state index < -0.39 is 46.6 Å². The third-order valence-electron chi connectivity index (χ3n) is 5.86. The Morgan fingerprint density at radius 2 is 1.85 bits per heavy atom. The van der Waals surface area contributed by atoms with E-state index in [1.807, 2.05) is 11.8 Å². The fourth-order valence-corrected chi connectivity index (χ4v) is 4.14. The fourth-order valence-electron chi connectivity index (χ4n) is 4.14. The van der Waals surface area contributed by atoms with Gasteiger partial charge in [-0.05, 0) is 30.3 Å². The Bertz CT molecular complexity index is 1160. The molecule has 0 amide bonds. The number of ketones is 1. The number of rotatable bonds is 5. The molecule has 1 fully saturated rings. The highest BCUT2D eigenvalue weighted by Gasteiger charge is 2.32. The number of benzene rings is 1. The van der Waals surface area contributed by atoms with Crippen LogP contribution in [0.4, 0.5) is 18.9 Å². The van der Waals surface area contributed by atoms with Crippen LogP contribution in [0, 0.1) is 23.4 Å². The van der Waals surface area contributed by atoms with Crippen LogP contribution in [0.5, 0.6) is 0 Å². The first-order valence-corrected chi connectivity index (χ1v) is 10.5. The smallest absolute Gasteiger partial charge is 0.185 e. The minimum Gasteiger partial charge on any atom is -0.391 e. The standard InChI is InChI=1S/C24H23F3N4O2/c1-13-11-31(12-18(28)24(13)33)20-7-8-29-10-14(20)9-21(32)19-6-5-17(27)23(30-19)22-15(25)3-2-4-16(22)26/h2-8,10,13,18,24,33H,9,11-12,28H2,1H3/t13-,18+,24+/m0/s1. The van der Waals surface area contributed by atoms with Gasteiger partial charge < -0.3 is 15.7 Å². The molecule has 9 heteroatoms. The van der Waals surface area contributed by atoms with Crippen molar-refractivity contribution in [3.8, 4) is 11.3 Å².